The standard InChI is InChI=1S/C25H26N4O2/c1-17(30)28-14-12-18-7-4-5-8-20(18)23(28)16-25(31)26-19-10-11-22-21(15-19)27-24-9-3-2-6-13-29(22)24/h4-5,7-8,10-12,14-15,23H,2-3,6,9,13,16H2,1H3,(H,26,31). The Balaban J connectivity index is 1.37. The van der Waals surface area contributed by atoms with Crippen molar-refractivity contribution in [2.45, 2.75) is 51.6 Å². The maximum absolute atomic E-state index is 12.9. The van der Waals surface area contributed by atoms with E-state index in [1.54, 1.807) is 11.1 Å². The number of imidazole rings is 1. The number of carbonyl (C=O) groups is 2. The van der Waals surface area contributed by atoms with Gasteiger partial charge in [-0.1, -0.05) is 30.7 Å². The Labute approximate surface area is 181 Å². The SMILES string of the molecule is CC(=O)N1C=Cc2ccccc2C1CC(=O)Nc1ccc2c(c1)nc1n2CCCCC1. The average molecular weight is 415 g/mol. The molecule has 0 saturated carbocycles. The summed E-state index contributed by atoms with van der Waals surface area (Å²) in [7, 11) is 0. The van der Waals surface area contributed by atoms with Gasteiger partial charge < -0.3 is 14.8 Å². The molecular weight excluding hydrogens is 388 g/mol. The predicted molar refractivity (Wildman–Crippen MR) is 121 cm³/mol. The van der Waals surface area contributed by atoms with E-state index in [4.69, 9.17) is 4.98 Å². The highest BCUT2D eigenvalue weighted by Crippen LogP contribution is 2.33. The van der Waals surface area contributed by atoms with Crippen molar-refractivity contribution in [3.8, 4) is 0 Å². The van der Waals surface area contributed by atoms with Gasteiger partial charge in [-0.3, -0.25) is 9.59 Å². The molecule has 0 aliphatic carbocycles. The van der Waals surface area contributed by atoms with Crippen LogP contribution in [0.3, 0.4) is 0 Å². The molecule has 0 saturated heterocycles. The summed E-state index contributed by atoms with van der Waals surface area (Å²) in [6.45, 7) is 2.53. The van der Waals surface area contributed by atoms with Crippen LogP contribution < -0.4 is 5.32 Å². The Morgan fingerprint density at radius 2 is 2.00 bits per heavy atom. The van der Waals surface area contributed by atoms with Crippen molar-refractivity contribution in [1.29, 1.82) is 0 Å². The zero-order valence-corrected chi connectivity index (χ0v) is 17.7. The van der Waals surface area contributed by atoms with Gasteiger partial charge in [0.15, 0.2) is 0 Å². The lowest BCUT2D eigenvalue weighted by Gasteiger charge is -2.32. The van der Waals surface area contributed by atoms with Crippen molar-refractivity contribution >= 4 is 34.6 Å². The summed E-state index contributed by atoms with van der Waals surface area (Å²) in [6.07, 6.45) is 8.49. The Hall–Kier alpha value is -3.41. The number of aromatic nitrogens is 2. The van der Waals surface area contributed by atoms with Gasteiger partial charge in [-0.25, -0.2) is 4.98 Å². The molecule has 1 atom stereocenters. The molecule has 1 N–H and O–H groups in total. The number of aryl methyl sites for hydroxylation is 2. The molecule has 0 radical (unpaired) electrons. The first-order valence-corrected chi connectivity index (χ1v) is 11.0. The Morgan fingerprint density at radius 1 is 1.13 bits per heavy atom. The van der Waals surface area contributed by atoms with E-state index in [9.17, 15) is 9.59 Å². The summed E-state index contributed by atoms with van der Waals surface area (Å²) < 4.78 is 2.31. The minimum Gasteiger partial charge on any atom is -0.328 e. The molecule has 6 heteroatoms. The zero-order chi connectivity index (χ0) is 21.4. The summed E-state index contributed by atoms with van der Waals surface area (Å²) in [5, 5.41) is 3.01. The first kappa shape index (κ1) is 19.5. The van der Waals surface area contributed by atoms with Crippen LogP contribution in [-0.2, 0) is 22.6 Å². The van der Waals surface area contributed by atoms with E-state index in [2.05, 4.69) is 9.88 Å². The molecule has 6 nitrogen and oxygen atoms in total. The summed E-state index contributed by atoms with van der Waals surface area (Å²) in [6, 6.07) is 13.5. The Morgan fingerprint density at radius 3 is 2.87 bits per heavy atom. The fourth-order valence-electron chi connectivity index (χ4n) is 4.73. The zero-order valence-electron chi connectivity index (χ0n) is 17.7. The van der Waals surface area contributed by atoms with Crippen LogP contribution in [0.2, 0.25) is 0 Å². The smallest absolute Gasteiger partial charge is 0.226 e. The molecule has 2 aromatic carbocycles. The highest BCUT2D eigenvalue weighted by atomic mass is 16.2. The topological polar surface area (TPSA) is 67.2 Å². The number of fused-ring (bicyclic) bond motifs is 4. The van der Waals surface area contributed by atoms with Gasteiger partial charge in [-0.15, -0.1) is 0 Å². The number of hydrogen-bond donors (Lipinski definition) is 1. The van der Waals surface area contributed by atoms with Gasteiger partial charge >= 0.3 is 0 Å². The molecule has 31 heavy (non-hydrogen) atoms. The third-order valence-electron chi connectivity index (χ3n) is 6.24. The fraction of sp³-hybridized carbons (Fsp3) is 0.320. The van der Waals surface area contributed by atoms with Crippen molar-refractivity contribution in [3.05, 3.63) is 65.6 Å². The first-order valence-electron chi connectivity index (χ1n) is 11.0. The maximum atomic E-state index is 12.9. The van der Waals surface area contributed by atoms with Crippen LogP contribution in [0.4, 0.5) is 5.69 Å². The lowest BCUT2D eigenvalue weighted by molar-refractivity contribution is -0.129. The summed E-state index contributed by atoms with van der Waals surface area (Å²) in [5.74, 6) is 0.935. The van der Waals surface area contributed by atoms with E-state index in [0.29, 0.717) is 0 Å². The quantitative estimate of drug-likeness (QED) is 0.677. The molecule has 2 amide bonds. The highest BCUT2D eigenvalue weighted by molar-refractivity contribution is 5.94. The van der Waals surface area contributed by atoms with E-state index < -0.39 is 0 Å². The third-order valence-corrected chi connectivity index (χ3v) is 6.24. The highest BCUT2D eigenvalue weighted by Gasteiger charge is 2.28. The second-order valence-electron chi connectivity index (χ2n) is 8.33. The van der Waals surface area contributed by atoms with Gasteiger partial charge in [0.05, 0.1) is 23.5 Å². The molecule has 1 unspecified atom stereocenters. The number of anilines is 1. The van der Waals surface area contributed by atoms with E-state index in [0.717, 1.165) is 46.6 Å². The number of rotatable bonds is 3. The van der Waals surface area contributed by atoms with Crippen LogP contribution >= 0.6 is 0 Å². The van der Waals surface area contributed by atoms with Crippen LogP contribution in [-0.4, -0.2) is 26.3 Å². The summed E-state index contributed by atoms with van der Waals surface area (Å²) in [4.78, 5) is 31.5. The lowest BCUT2D eigenvalue weighted by atomic mass is 9.93. The summed E-state index contributed by atoms with van der Waals surface area (Å²) in [5.41, 5.74) is 4.82. The van der Waals surface area contributed by atoms with Crippen LogP contribution in [0.1, 0.15) is 55.6 Å². The fourth-order valence-corrected chi connectivity index (χ4v) is 4.73. The molecule has 1 aromatic heterocycles. The van der Waals surface area contributed by atoms with Crippen LogP contribution in [0, 0.1) is 0 Å². The van der Waals surface area contributed by atoms with Crippen LogP contribution in [0.25, 0.3) is 17.1 Å². The molecule has 0 spiro atoms. The first-order chi connectivity index (χ1) is 15.1. The van der Waals surface area contributed by atoms with E-state index in [-0.39, 0.29) is 24.3 Å². The molecule has 5 rings (SSSR count). The normalized spacial score (nSPS) is 17.7. The Bertz CT molecular complexity index is 1190. The molecule has 3 heterocycles. The number of carbonyl (C=O) groups excluding carboxylic acids is 2. The average Bonchev–Trinajstić information content (AvgIpc) is 2.93. The molecular formula is C25H26N4O2. The largest absolute Gasteiger partial charge is 0.328 e. The van der Waals surface area contributed by atoms with Crippen molar-refractivity contribution < 1.29 is 9.59 Å². The lowest BCUT2D eigenvalue weighted by Crippen LogP contribution is -2.33. The molecule has 158 valence electrons. The monoisotopic (exact) mass is 414 g/mol. The molecule has 2 aliphatic heterocycles. The van der Waals surface area contributed by atoms with Gasteiger partial charge in [0.2, 0.25) is 11.8 Å². The van der Waals surface area contributed by atoms with Crippen LogP contribution in [0.5, 0.6) is 0 Å². The molecule has 0 fully saturated rings. The van der Waals surface area contributed by atoms with E-state index in [1.165, 1.54) is 26.2 Å². The Kier molecular flexibility index (Phi) is 5.06. The summed E-state index contributed by atoms with van der Waals surface area (Å²) >= 11 is 0. The van der Waals surface area contributed by atoms with Gasteiger partial charge in [0.25, 0.3) is 0 Å². The van der Waals surface area contributed by atoms with E-state index in [1.807, 2.05) is 48.5 Å². The number of nitrogens with one attached hydrogen (secondary N) is 1. The third kappa shape index (κ3) is 3.74. The van der Waals surface area contributed by atoms with Crippen LogP contribution in [0.15, 0.2) is 48.7 Å². The number of hydrogen-bond acceptors (Lipinski definition) is 3. The van der Waals surface area contributed by atoms with Crippen molar-refractivity contribution in [2.75, 3.05) is 5.32 Å². The molecule has 0 bridgehead atoms. The molecule has 3 aromatic rings. The maximum Gasteiger partial charge on any atom is 0.226 e. The van der Waals surface area contributed by atoms with Crippen molar-refractivity contribution in [3.63, 3.8) is 0 Å². The number of amides is 2. The van der Waals surface area contributed by atoms with Gasteiger partial charge in [-0.2, -0.15) is 0 Å². The number of nitrogens with zero attached hydrogens (tertiary/aromatic N) is 3. The minimum absolute atomic E-state index is 0.0792. The predicted octanol–water partition coefficient (Wildman–Crippen LogP) is 4.67. The van der Waals surface area contributed by atoms with E-state index >= 15 is 0 Å². The van der Waals surface area contributed by atoms with Gasteiger partial charge in [0, 0.05) is 31.8 Å². The minimum atomic E-state index is -0.314. The van der Waals surface area contributed by atoms with Gasteiger partial charge in [-0.05, 0) is 48.2 Å². The molecule has 2 aliphatic rings. The van der Waals surface area contributed by atoms with Crippen molar-refractivity contribution in [1.82, 2.24) is 14.5 Å². The second-order valence-corrected chi connectivity index (χ2v) is 8.33. The number of benzene rings is 2. The second kappa shape index (κ2) is 8.02. The van der Waals surface area contributed by atoms with Crippen molar-refractivity contribution in [2.24, 2.45) is 0 Å². The van der Waals surface area contributed by atoms with Gasteiger partial charge in [0.1, 0.15) is 5.82 Å².